The normalized spacial score (nSPS) is 29.7. The van der Waals surface area contributed by atoms with Crippen LogP contribution in [-0.2, 0) is 9.59 Å². The molecule has 0 aromatic rings. The molecule has 0 spiro atoms. The quantitative estimate of drug-likeness (QED) is 0.836. The fourth-order valence-corrected chi connectivity index (χ4v) is 3.35. The molecule has 1 N–H and O–H groups in total. The second kappa shape index (κ2) is 5.29. The van der Waals surface area contributed by atoms with Gasteiger partial charge in [-0.2, -0.15) is 0 Å². The fraction of sp³-hybridized carbons (Fsp3) is 0.857. The van der Waals surface area contributed by atoms with Gasteiger partial charge in [0.25, 0.3) is 0 Å². The number of hydrogen-bond acceptors (Lipinski definition) is 2. The number of hydrogen-bond donors (Lipinski definition) is 1. The molecule has 4 heteroatoms. The van der Waals surface area contributed by atoms with Gasteiger partial charge >= 0.3 is 5.97 Å². The molecule has 3 atom stereocenters. The maximum absolute atomic E-state index is 11.8. The minimum absolute atomic E-state index is 0.0804. The van der Waals surface area contributed by atoms with Crippen molar-refractivity contribution in [3.8, 4) is 0 Å². The number of nitrogens with zero attached hydrogens (tertiary/aromatic N) is 1. The molecule has 0 bridgehead atoms. The van der Waals surface area contributed by atoms with E-state index in [0.29, 0.717) is 5.92 Å². The van der Waals surface area contributed by atoms with Crippen LogP contribution in [-0.4, -0.2) is 34.0 Å². The maximum atomic E-state index is 11.8. The van der Waals surface area contributed by atoms with E-state index in [1.54, 1.807) is 4.90 Å². The van der Waals surface area contributed by atoms with Crippen molar-refractivity contribution < 1.29 is 14.7 Å². The molecule has 3 unspecified atom stereocenters. The number of rotatable bonds is 4. The smallest absolute Gasteiger partial charge is 0.326 e. The van der Waals surface area contributed by atoms with Crippen LogP contribution >= 0.6 is 0 Å². The molecule has 102 valence electrons. The zero-order chi connectivity index (χ0) is 13.3. The van der Waals surface area contributed by atoms with Crippen LogP contribution in [0.5, 0.6) is 0 Å². The Labute approximate surface area is 108 Å². The summed E-state index contributed by atoms with van der Waals surface area (Å²) in [7, 11) is 0. The van der Waals surface area contributed by atoms with E-state index in [4.69, 9.17) is 0 Å². The summed E-state index contributed by atoms with van der Waals surface area (Å²) in [4.78, 5) is 25.0. The zero-order valence-corrected chi connectivity index (χ0v) is 11.3. The predicted molar refractivity (Wildman–Crippen MR) is 68.1 cm³/mol. The Morgan fingerprint density at radius 1 is 1.22 bits per heavy atom. The van der Waals surface area contributed by atoms with E-state index < -0.39 is 12.0 Å². The monoisotopic (exact) mass is 253 g/mol. The Kier molecular flexibility index (Phi) is 3.93. The minimum atomic E-state index is -0.823. The molecule has 4 nitrogen and oxygen atoms in total. The first-order valence-electron chi connectivity index (χ1n) is 7.02. The average molecular weight is 253 g/mol. The number of carbonyl (C=O) groups is 2. The summed E-state index contributed by atoms with van der Waals surface area (Å²) < 4.78 is 0. The molecule has 2 saturated carbocycles. The summed E-state index contributed by atoms with van der Waals surface area (Å²) in [5.41, 5.74) is 0. The minimum Gasteiger partial charge on any atom is -0.480 e. The summed E-state index contributed by atoms with van der Waals surface area (Å²) in [5, 5.41) is 9.51. The van der Waals surface area contributed by atoms with Crippen molar-refractivity contribution in [3.05, 3.63) is 0 Å². The molecule has 1 amide bonds. The molecule has 2 aliphatic carbocycles. The molecule has 2 aliphatic rings. The van der Waals surface area contributed by atoms with Crippen molar-refractivity contribution in [1.29, 1.82) is 0 Å². The summed E-state index contributed by atoms with van der Waals surface area (Å²) in [6.45, 7) is 3.68. The van der Waals surface area contributed by atoms with E-state index in [0.717, 1.165) is 32.1 Å². The van der Waals surface area contributed by atoms with Crippen molar-refractivity contribution in [2.75, 3.05) is 0 Å². The lowest BCUT2D eigenvalue weighted by atomic mass is 9.78. The predicted octanol–water partition coefficient (Wildman–Crippen LogP) is 2.28. The number of carboxylic acid groups (broad SMARTS) is 1. The van der Waals surface area contributed by atoms with Crippen LogP contribution < -0.4 is 0 Å². The molecule has 0 aromatic carbocycles. The van der Waals surface area contributed by atoms with Crippen LogP contribution in [0.3, 0.4) is 0 Å². The van der Waals surface area contributed by atoms with Gasteiger partial charge in [-0.05, 0) is 37.5 Å². The highest BCUT2D eigenvalue weighted by molar-refractivity contribution is 5.83. The SMILES string of the molecule is CC(=O)N(C1CC1)C(C(=O)O)C1CCCC(C)C1. The number of aliphatic carboxylic acids is 1. The summed E-state index contributed by atoms with van der Waals surface area (Å²) in [6.07, 6.45) is 6.08. The largest absolute Gasteiger partial charge is 0.480 e. The highest BCUT2D eigenvalue weighted by Gasteiger charge is 2.43. The van der Waals surface area contributed by atoms with E-state index in [1.807, 2.05) is 0 Å². The van der Waals surface area contributed by atoms with Gasteiger partial charge in [0.1, 0.15) is 6.04 Å². The van der Waals surface area contributed by atoms with Gasteiger partial charge in [0.15, 0.2) is 0 Å². The van der Waals surface area contributed by atoms with Gasteiger partial charge < -0.3 is 10.0 Å². The Hall–Kier alpha value is -1.06. The van der Waals surface area contributed by atoms with Crippen LogP contribution in [0.15, 0.2) is 0 Å². The van der Waals surface area contributed by atoms with Crippen LogP contribution in [0, 0.1) is 11.8 Å². The molecule has 0 aliphatic heterocycles. The second-order valence-corrected chi connectivity index (χ2v) is 5.97. The molecular weight excluding hydrogens is 230 g/mol. The summed E-state index contributed by atoms with van der Waals surface area (Å²) in [6, 6.07) is -0.418. The number of carboxylic acids is 1. The Morgan fingerprint density at radius 2 is 1.89 bits per heavy atom. The van der Waals surface area contributed by atoms with Gasteiger partial charge in [-0.25, -0.2) is 4.79 Å². The number of amides is 1. The summed E-state index contributed by atoms with van der Waals surface area (Å²) in [5.74, 6) is -0.186. The first-order valence-corrected chi connectivity index (χ1v) is 7.02. The standard InChI is InChI=1S/C14H23NO3/c1-9-4-3-5-11(8-9)13(14(17)18)15(10(2)16)12-6-7-12/h9,11-13H,3-8H2,1-2H3,(H,17,18). The Morgan fingerprint density at radius 3 is 2.33 bits per heavy atom. The topological polar surface area (TPSA) is 57.6 Å². The van der Waals surface area contributed by atoms with E-state index in [1.165, 1.54) is 13.3 Å². The van der Waals surface area contributed by atoms with Crippen molar-refractivity contribution in [3.63, 3.8) is 0 Å². The lowest BCUT2D eigenvalue weighted by Gasteiger charge is -2.37. The van der Waals surface area contributed by atoms with E-state index in [2.05, 4.69) is 6.92 Å². The van der Waals surface area contributed by atoms with Crippen LogP contribution in [0.4, 0.5) is 0 Å². The van der Waals surface area contributed by atoms with Crippen molar-refractivity contribution in [2.24, 2.45) is 11.8 Å². The van der Waals surface area contributed by atoms with Crippen molar-refractivity contribution in [2.45, 2.75) is 64.5 Å². The lowest BCUT2D eigenvalue weighted by molar-refractivity contribution is -0.153. The van der Waals surface area contributed by atoms with Gasteiger partial charge in [-0.1, -0.05) is 19.8 Å². The first-order chi connectivity index (χ1) is 8.50. The third-order valence-electron chi connectivity index (χ3n) is 4.28. The van der Waals surface area contributed by atoms with Crippen molar-refractivity contribution >= 4 is 11.9 Å². The second-order valence-electron chi connectivity index (χ2n) is 5.97. The molecule has 2 fully saturated rings. The van der Waals surface area contributed by atoms with E-state index >= 15 is 0 Å². The van der Waals surface area contributed by atoms with E-state index in [-0.39, 0.29) is 17.9 Å². The third-order valence-corrected chi connectivity index (χ3v) is 4.28. The van der Waals surface area contributed by atoms with Gasteiger partial charge in [0, 0.05) is 13.0 Å². The summed E-state index contributed by atoms with van der Waals surface area (Å²) >= 11 is 0. The van der Waals surface area contributed by atoms with Crippen molar-refractivity contribution in [1.82, 2.24) is 4.90 Å². The molecule has 0 heterocycles. The van der Waals surface area contributed by atoms with Crippen LogP contribution in [0.1, 0.15) is 52.4 Å². The first kappa shape index (κ1) is 13.4. The molecule has 0 radical (unpaired) electrons. The molecular formula is C14H23NO3. The van der Waals surface area contributed by atoms with Gasteiger partial charge in [-0.3, -0.25) is 4.79 Å². The average Bonchev–Trinajstić information content (AvgIpc) is 3.08. The maximum Gasteiger partial charge on any atom is 0.326 e. The van der Waals surface area contributed by atoms with Gasteiger partial charge in [0.2, 0.25) is 5.91 Å². The third kappa shape index (κ3) is 2.85. The molecule has 2 rings (SSSR count). The Bertz CT molecular complexity index is 338. The number of carbonyl (C=O) groups excluding carboxylic acids is 1. The molecule has 0 aromatic heterocycles. The fourth-order valence-electron chi connectivity index (χ4n) is 3.35. The molecule has 18 heavy (non-hydrogen) atoms. The van der Waals surface area contributed by atoms with Gasteiger partial charge in [-0.15, -0.1) is 0 Å². The zero-order valence-electron chi connectivity index (χ0n) is 11.3. The van der Waals surface area contributed by atoms with Crippen LogP contribution in [0.2, 0.25) is 0 Å². The highest BCUT2D eigenvalue weighted by Crippen LogP contribution is 2.37. The lowest BCUT2D eigenvalue weighted by Crippen LogP contribution is -2.50. The van der Waals surface area contributed by atoms with Gasteiger partial charge in [0.05, 0.1) is 0 Å². The molecule has 0 saturated heterocycles. The highest BCUT2D eigenvalue weighted by atomic mass is 16.4. The van der Waals surface area contributed by atoms with Crippen LogP contribution in [0.25, 0.3) is 0 Å². The van der Waals surface area contributed by atoms with E-state index in [9.17, 15) is 14.7 Å². The Balaban J connectivity index is 2.15.